The lowest BCUT2D eigenvalue weighted by Gasteiger charge is -2.18. The fourth-order valence-corrected chi connectivity index (χ4v) is 0.885. The minimum Gasteiger partial charge on any atom is -0.471 e. The van der Waals surface area contributed by atoms with Crippen LogP contribution >= 0.6 is 12.2 Å². The van der Waals surface area contributed by atoms with Crippen molar-refractivity contribution in [3.8, 4) is 0 Å². The largest absolute Gasteiger partial charge is 0.471 e. The highest BCUT2D eigenvalue weighted by Gasteiger charge is 2.02. The van der Waals surface area contributed by atoms with E-state index in [-0.39, 0.29) is 0 Å². The van der Waals surface area contributed by atoms with Gasteiger partial charge in [-0.1, -0.05) is 12.2 Å². The first-order chi connectivity index (χ1) is 5.07. The smallest absolute Gasteiger partial charge is 0.259 e. The first-order valence-corrected chi connectivity index (χ1v) is 4.01. The molecule has 0 atom stereocenters. The summed E-state index contributed by atoms with van der Waals surface area (Å²) in [7, 11) is 1.90. The second-order valence-corrected chi connectivity index (χ2v) is 2.86. The van der Waals surface area contributed by atoms with Gasteiger partial charge in [-0.2, -0.15) is 0 Å². The molecule has 0 bridgehead atoms. The predicted molar refractivity (Wildman–Crippen MR) is 51.7 cm³/mol. The van der Waals surface area contributed by atoms with Crippen LogP contribution in [0.1, 0.15) is 13.8 Å². The molecule has 0 heterocycles. The molecule has 0 saturated heterocycles. The third-order valence-corrected chi connectivity index (χ3v) is 1.52. The first kappa shape index (κ1) is 10.4. The molecule has 0 spiro atoms. The molecule has 11 heavy (non-hydrogen) atoms. The summed E-state index contributed by atoms with van der Waals surface area (Å²) >= 11 is 4.96. The van der Waals surface area contributed by atoms with E-state index in [4.69, 9.17) is 17.0 Å². The van der Waals surface area contributed by atoms with Crippen LogP contribution < -0.4 is 0 Å². The van der Waals surface area contributed by atoms with E-state index in [2.05, 4.69) is 6.58 Å². The van der Waals surface area contributed by atoms with Crippen LogP contribution in [0.4, 0.5) is 0 Å². The van der Waals surface area contributed by atoms with Gasteiger partial charge in [0.15, 0.2) is 0 Å². The first-order valence-electron chi connectivity index (χ1n) is 3.60. The van der Waals surface area contributed by atoms with E-state index >= 15 is 0 Å². The van der Waals surface area contributed by atoms with E-state index in [0.29, 0.717) is 11.8 Å². The summed E-state index contributed by atoms with van der Waals surface area (Å²) in [6.45, 7) is 9.05. The van der Waals surface area contributed by atoms with Crippen molar-refractivity contribution in [3.63, 3.8) is 0 Å². The molecule has 0 N–H and O–H groups in total. The minimum atomic E-state index is 0.538. The maximum atomic E-state index is 5.12. The van der Waals surface area contributed by atoms with E-state index in [1.54, 1.807) is 0 Å². The van der Waals surface area contributed by atoms with Crippen molar-refractivity contribution in [2.24, 2.45) is 0 Å². The molecule has 0 amide bonds. The third kappa shape index (κ3) is 4.79. The van der Waals surface area contributed by atoms with Gasteiger partial charge in [-0.15, -0.1) is 0 Å². The van der Waals surface area contributed by atoms with Crippen LogP contribution in [0.2, 0.25) is 0 Å². The van der Waals surface area contributed by atoms with Crippen LogP contribution in [-0.2, 0) is 4.74 Å². The summed E-state index contributed by atoms with van der Waals surface area (Å²) in [5.74, 6) is 0. The molecule has 0 aromatic rings. The highest BCUT2D eigenvalue weighted by atomic mass is 32.1. The van der Waals surface area contributed by atoms with Crippen molar-refractivity contribution in [1.29, 1.82) is 0 Å². The van der Waals surface area contributed by atoms with Gasteiger partial charge in [0.05, 0.1) is 6.61 Å². The zero-order valence-corrected chi connectivity index (χ0v) is 8.20. The molecule has 0 aliphatic carbocycles. The summed E-state index contributed by atoms with van der Waals surface area (Å²) in [4.78, 5) is 1.86. The van der Waals surface area contributed by atoms with Gasteiger partial charge in [-0.25, -0.2) is 0 Å². The number of likely N-dealkylation sites (N-methyl/N-ethyl adjacent to an activating group) is 1. The van der Waals surface area contributed by atoms with Gasteiger partial charge in [0.1, 0.15) is 0 Å². The van der Waals surface area contributed by atoms with E-state index in [9.17, 15) is 0 Å². The molecule has 2 nitrogen and oxygen atoms in total. The van der Waals surface area contributed by atoms with Crippen LogP contribution in [0.5, 0.6) is 0 Å². The molecule has 0 fully saturated rings. The molecule has 0 aromatic carbocycles. The Kier molecular flexibility index (Phi) is 4.86. The maximum Gasteiger partial charge on any atom is 0.259 e. The normalized spacial score (nSPS) is 9.00. The number of hydrogen-bond acceptors (Lipinski definition) is 2. The minimum absolute atomic E-state index is 0.538. The van der Waals surface area contributed by atoms with Crippen LogP contribution in [-0.4, -0.2) is 30.3 Å². The molecule has 0 radical (unpaired) electrons. The Morgan fingerprint density at radius 2 is 2.18 bits per heavy atom. The summed E-state index contributed by atoms with van der Waals surface area (Å²) in [5.41, 5.74) is 1.08. The summed E-state index contributed by atoms with van der Waals surface area (Å²) in [5, 5.41) is 0.538. The number of nitrogens with zero attached hydrogens (tertiary/aromatic N) is 1. The van der Waals surface area contributed by atoms with E-state index < -0.39 is 0 Å². The molecular formula is C8H15NOS. The zero-order valence-electron chi connectivity index (χ0n) is 7.39. The fraction of sp³-hybridized carbons (Fsp3) is 0.625. The Morgan fingerprint density at radius 1 is 1.64 bits per heavy atom. The van der Waals surface area contributed by atoms with Crippen LogP contribution in [0.3, 0.4) is 0 Å². The van der Waals surface area contributed by atoms with Crippen molar-refractivity contribution in [3.05, 3.63) is 12.2 Å². The molecule has 0 rings (SSSR count). The number of ether oxygens (including phenoxy) is 1. The van der Waals surface area contributed by atoms with Crippen molar-refractivity contribution < 1.29 is 4.74 Å². The maximum absolute atomic E-state index is 5.12. The summed E-state index contributed by atoms with van der Waals surface area (Å²) in [6, 6.07) is 0. The topological polar surface area (TPSA) is 12.5 Å². The van der Waals surface area contributed by atoms with Gasteiger partial charge < -0.3 is 9.64 Å². The second kappa shape index (κ2) is 5.13. The highest BCUT2D eigenvalue weighted by molar-refractivity contribution is 7.80. The van der Waals surface area contributed by atoms with Gasteiger partial charge in [-0.3, -0.25) is 0 Å². The number of rotatable bonds is 3. The SMILES string of the molecule is C=C(C)CN(C)C(=S)OCC. The molecule has 0 aliphatic heterocycles. The molecule has 0 aromatic heterocycles. The van der Waals surface area contributed by atoms with Crippen LogP contribution in [0, 0.1) is 0 Å². The fourth-order valence-electron chi connectivity index (χ4n) is 0.703. The molecule has 3 heteroatoms. The number of hydrogen-bond donors (Lipinski definition) is 0. The lowest BCUT2D eigenvalue weighted by Crippen LogP contribution is -2.28. The Hall–Kier alpha value is -0.570. The number of thiocarbonyl (C=S) groups is 1. The van der Waals surface area contributed by atoms with Gasteiger partial charge in [0.2, 0.25) is 0 Å². The third-order valence-electron chi connectivity index (χ3n) is 1.09. The van der Waals surface area contributed by atoms with Gasteiger partial charge in [0, 0.05) is 13.6 Å². The molecule has 0 aliphatic rings. The Labute approximate surface area is 73.8 Å². The molecule has 0 unspecified atom stereocenters. The van der Waals surface area contributed by atoms with Crippen molar-refractivity contribution in [2.45, 2.75) is 13.8 Å². The Bertz CT molecular complexity index is 156. The Morgan fingerprint density at radius 3 is 2.55 bits per heavy atom. The Balaban J connectivity index is 3.73. The molecular weight excluding hydrogens is 158 g/mol. The summed E-state index contributed by atoms with van der Waals surface area (Å²) < 4.78 is 5.12. The second-order valence-electron chi connectivity index (χ2n) is 2.51. The van der Waals surface area contributed by atoms with Crippen molar-refractivity contribution >= 4 is 17.4 Å². The van der Waals surface area contributed by atoms with Crippen molar-refractivity contribution in [2.75, 3.05) is 20.2 Å². The quantitative estimate of drug-likeness (QED) is 0.477. The average Bonchev–Trinajstić information content (AvgIpc) is 1.86. The van der Waals surface area contributed by atoms with E-state index in [0.717, 1.165) is 12.1 Å². The van der Waals surface area contributed by atoms with Crippen LogP contribution in [0.15, 0.2) is 12.2 Å². The standard InChI is InChI=1S/C8H15NOS/c1-5-10-8(11)9(4)6-7(2)3/h2,5-6H2,1,3-4H3. The highest BCUT2D eigenvalue weighted by Crippen LogP contribution is 1.95. The molecule has 0 saturated carbocycles. The lowest BCUT2D eigenvalue weighted by atomic mass is 10.3. The average molecular weight is 173 g/mol. The van der Waals surface area contributed by atoms with Gasteiger partial charge in [0.25, 0.3) is 5.17 Å². The van der Waals surface area contributed by atoms with Crippen LogP contribution in [0.25, 0.3) is 0 Å². The monoisotopic (exact) mass is 173 g/mol. The zero-order chi connectivity index (χ0) is 8.85. The predicted octanol–water partition coefficient (Wildman–Crippen LogP) is 1.82. The van der Waals surface area contributed by atoms with E-state index in [1.165, 1.54) is 0 Å². The summed E-state index contributed by atoms with van der Waals surface area (Å²) in [6.07, 6.45) is 0. The lowest BCUT2D eigenvalue weighted by molar-refractivity contribution is 0.279. The van der Waals surface area contributed by atoms with Gasteiger partial charge in [-0.05, 0) is 26.1 Å². The van der Waals surface area contributed by atoms with Gasteiger partial charge >= 0.3 is 0 Å². The van der Waals surface area contributed by atoms with E-state index in [1.807, 2.05) is 25.8 Å². The molecule has 64 valence electrons. The van der Waals surface area contributed by atoms with Crippen molar-refractivity contribution in [1.82, 2.24) is 4.90 Å².